The summed E-state index contributed by atoms with van der Waals surface area (Å²) < 4.78 is 51.3. The number of hydrogen-bond donors (Lipinski definition) is 0. The molecule has 0 fully saturated rings. The van der Waals surface area contributed by atoms with Crippen LogP contribution < -0.4 is 0 Å². The molecule has 0 aliphatic heterocycles. The standard InChI is InChI=1S/C32H42N6O5S2/c1-5-17-35(18-6-2)22-27-9-7-26(8-10-27)21-30(39)29-13-11-28(12-14-29)23-36(24-31-33-15-19-37(31)44(3,40)41)25-32-34-16-20-38(32)45(4,42)43/h7-16,19-20H,5-6,17-18,21-25H2,1-4H3. The molecular weight excluding hydrogens is 613 g/mol. The molecule has 0 N–H and O–H groups in total. The lowest BCUT2D eigenvalue weighted by Gasteiger charge is -2.22. The van der Waals surface area contributed by atoms with Crippen molar-refractivity contribution in [2.24, 2.45) is 0 Å². The van der Waals surface area contributed by atoms with E-state index in [4.69, 9.17) is 0 Å². The smallest absolute Gasteiger partial charge is 0.237 e. The van der Waals surface area contributed by atoms with Crippen LogP contribution in [0.15, 0.2) is 73.3 Å². The monoisotopic (exact) mass is 654 g/mol. The molecule has 13 heteroatoms. The maximum Gasteiger partial charge on any atom is 0.237 e. The highest BCUT2D eigenvalue weighted by atomic mass is 32.2. The largest absolute Gasteiger partial charge is 0.299 e. The summed E-state index contributed by atoms with van der Waals surface area (Å²) in [5.74, 6) is 0.586. The fourth-order valence-electron chi connectivity index (χ4n) is 5.30. The summed E-state index contributed by atoms with van der Waals surface area (Å²) in [6.07, 6.45) is 10.3. The van der Waals surface area contributed by atoms with Gasteiger partial charge in [0.2, 0.25) is 20.0 Å². The molecule has 4 aromatic rings. The highest BCUT2D eigenvalue weighted by molar-refractivity contribution is 7.89. The summed E-state index contributed by atoms with van der Waals surface area (Å²) >= 11 is 0. The lowest BCUT2D eigenvalue weighted by atomic mass is 10.0. The number of nitrogens with zero attached hydrogens (tertiary/aromatic N) is 6. The Morgan fingerprint density at radius 3 is 1.51 bits per heavy atom. The first-order valence-electron chi connectivity index (χ1n) is 15.0. The Morgan fingerprint density at radius 2 is 1.07 bits per heavy atom. The summed E-state index contributed by atoms with van der Waals surface area (Å²) in [5.41, 5.74) is 3.64. The first-order valence-corrected chi connectivity index (χ1v) is 18.7. The van der Waals surface area contributed by atoms with Crippen LogP contribution in [-0.2, 0) is 52.6 Å². The zero-order valence-corrected chi connectivity index (χ0v) is 28.0. The van der Waals surface area contributed by atoms with Crippen molar-refractivity contribution in [1.29, 1.82) is 0 Å². The molecule has 0 amide bonds. The molecule has 0 atom stereocenters. The minimum absolute atomic E-state index is 0.00936. The van der Waals surface area contributed by atoms with Gasteiger partial charge in [-0.05, 0) is 42.6 Å². The molecule has 0 bridgehead atoms. The van der Waals surface area contributed by atoms with E-state index < -0.39 is 20.0 Å². The van der Waals surface area contributed by atoms with Gasteiger partial charge in [-0.1, -0.05) is 62.4 Å². The summed E-state index contributed by atoms with van der Waals surface area (Å²) in [5, 5.41) is 0. The van der Waals surface area contributed by atoms with E-state index in [1.165, 1.54) is 30.4 Å². The first kappa shape index (κ1) is 34.2. The van der Waals surface area contributed by atoms with Crippen LogP contribution >= 0.6 is 0 Å². The lowest BCUT2D eigenvalue weighted by Crippen LogP contribution is -2.28. The number of carbonyl (C=O) groups is 1. The van der Waals surface area contributed by atoms with Gasteiger partial charge < -0.3 is 0 Å². The van der Waals surface area contributed by atoms with Crippen LogP contribution in [0.1, 0.15) is 65.4 Å². The fourth-order valence-corrected chi connectivity index (χ4v) is 6.83. The van der Waals surface area contributed by atoms with Gasteiger partial charge in [0.05, 0.1) is 25.6 Å². The number of carbonyl (C=O) groups excluding carboxylic acids is 1. The average molecular weight is 655 g/mol. The number of rotatable bonds is 17. The number of benzene rings is 2. The van der Waals surface area contributed by atoms with Gasteiger partial charge in [-0.2, -0.15) is 0 Å². The van der Waals surface area contributed by atoms with Crippen LogP contribution in [0.3, 0.4) is 0 Å². The Balaban J connectivity index is 1.46. The zero-order valence-electron chi connectivity index (χ0n) is 26.3. The van der Waals surface area contributed by atoms with E-state index in [9.17, 15) is 21.6 Å². The molecular formula is C32H42N6O5S2. The van der Waals surface area contributed by atoms with Crippen LogP contribution in [0.25, 0.3) is 0 Å². The summed E-state index contributed by atoms with van der Waals surface area (Å²) in [7, 11) is -7.17. The minimum Gasteiger partial charge on any atom is -0.299 e. The van der Waals surface area contributed by atoms with Crippen molar-refractivity contribution in [3.8, 4) is 0 Å². The van der Waals surface area contributed by atoms with Crippen LogP contribution in [0.5, 0.6) is 0 Å². The molecule has 45 heavy (non-hydrogen) atoms. The van der Waals surface area contributed by atoms with Gasteiger partial charge in [0.25, 0.3) is 0 Å². The second-order valence-electron chi connectivity index (χ2n) is 11.3. The molecule has 4 rings (SSSR count). The number of aromatic nitrogens is 4. The quantitative estimate of drug-likeness (QED) is 0.156. The molecule has 242 valence electrons. The van der Waals surface area contributed by atoms with Crippen molar-refractivity contribution in [2.75, 3.05) is 25.6 Å². The Kier molecular flexibility index (Phi) is 11.5. The zero-order chi connectivity index (χ0) is 32.6. The molecule has 2 aromatic carbocycles. The van der Waals surface area contributed by atoms with E-state index >= 15 is 0 Å². The van der Waals surface area contributed by atoms with E-state index in [1.807, 2.05) is 29.2 Å². The molecule has 0 spiro atoms. The highest BCUT2D eigenvalue weighted by Gasteiger charge is 2.20. The predicted octanol–water partition coefficient (Wildman–Crippen LogP) is 3.94. The second kappa shape index (κ2) is 15.1. The van der Waals surface area contributed by atoms with Gasteiger partial charge in [-0.3, -0.25) is 14.6 Å². The Hall–Kier alpha value is -3.65. The predicted molar refractivity (Wildman–Crippen MR) is 175 cm³/mol. The third-order valence-electron chi connectivity index (χ3n) is 7.36. The van der Waals surface area contributed by atoms with Gasteiger partial charge in [0.15, 0.2) is 5.78 Å². The summed E-state index contributed by atoms with van der Waals surface area (Å²) in [4.78, 5) is 25.9. The highest BCUT2D eigenvalue weighted by Crippen LogP contribution is 2.17. The maximum atomic E-state index is 13.1. The summed E-state index contributed by atoms with van der Waals surface area (Å²) in [6.45, 7) is 7.97. The van der Waals surface area contributed by atoms with E-state index in [0.717, 1.165) is 64.1 Å². The van der Waals surface area contributed by atoms with Gasteiger partial charge in [-0.15, -0.1) is 0 Å². The van der Waals surface area contributed by atoms with Crippen molar-refractivity contribution in [3.05, 3.63) is 107 Å². The van der Waals surface area contributed by atoms with E-state index in [1.54, 1.807) is 12.1 Å². The van der Waals surface area contributed by atoms with Crippen molar-refractivity contribution >= 4 is 25.8 Å². The number of Topliss-reactive ketones (excluding diaryl/α,β-unsaturated/α-hetero) is 1. The topological polar surface area (TPSA) is 127 Å². The minimum atomic E-state index is -3.58. The van der Waals surface area contributed by atoms with Crippen LogP contribution in [-0.4, -0.2) is 75.9 Å². The fraction of sp³-hybridized carbons (Fsp3) is 0.406. The maximum absolute atomic E-state index is 13.1. The summed E-state index contributed by atoms with van der Waals surface area (Å²) in [6, 6.07) is 15.5. The van der Waals surface area contributed by atoms with E-state index in [-0.39, 0.29) is 30.5 Å². The second-order valence-corrected chi connectivity index (χ2v) is 15.1. The molecule has 2 aromatic heterocycles. The van der Waals surface area contributed by atoms with Gasteiger partial charge in [0, 0.05) is 49.9 Å². The van der Waals surface area contributed by atoms with Crippen molar-refractivity contribution in [1.82, 2.24) is 27.7 Å². The Morgan fingerprint density at radius 1 is 0.644 bits per heavy atom. The lowest BCUT2D eigenvalue weighted by molar-refractivity contribution is 0.0993. The Labute approximate surface area is 266 Å². The van der Waals surface area contributed by atoms with Crippen molar-refractivity contribution < 1.29 is 21.6 Å². The number of hydrogen-bond acceptors (Lipinski definition) is 9. The van der Waals surface area contributed by atoms with E-state index in [0.29, 0.717) is 18.5 Å². The van der Waals surface area contributed by atoms with Gasteiger partial charge in [0.1, 0.15) is 11.6 Å². The first-order chi connectivity index (χ1) is 21.4. The number of ketones is 1. The molecule has 0 aliphatic carbocycles. The molecule has 0 radical (unpaired) electrons. The molecule has 0 saturated heterocycles. The molecule has 0 unspecified atom stereocenters. The molecule has 0 aliphatic rings. The average Bonchev–Trinajstić information content (AvgIpc) is 3.65. The molecule has 11 nitrogen and oxygen atoms in total. The van der Waals surface area contributed by atoms with Gasteiger partial charge in [-0.25, -0.2) is 34.7 Å². The third-order valence-corrected chi connectivity index (χ3v) is 9.45. The Bertz CT molecular complexity index is 1700. The number of imidazole rings is 2. The van der Waals surface area contributed by atoms with Crippen molar-refractivity contribution in [3.63, 3.8) is 0 Å². The molecule has 0 saturated carbocycles. The SMILES string of the molecule is CCCN(CCC)Cc1ccc(CC(=O)c2ccc(CN(Cc3nccn3S(C)(=O)=O)Cc3nccn3S(C)(=O)=O)cc2)cc1. The van der Waals surface area contributed by atoms with Crippen LogP contribution in [0.2, 0.25) is 0 Å². The normalized spacial score (nSPS) is 12.3. The van der Waals surface area contributed by atoms with E-state index in [2.05, 4.69) is 40.8 Å². The van der Waals surface area contributed by atoms with Crippen LogP contribution in [0.4, 0.5) is 0 Å². The van der Waals surface area contributed by atoms with Gasteiger partial charge >= 0.3 is 0 Å². The van der Waals surface area contributed by atoms with Crippen molar-refractivity contribution in [2.45, 2.75) is 59.3 Å². The molecule has 2 heterocycles. The van der Waals surface area contributed by atoms with Crippen LogP contribution in [0, 0.1) is 0 Å². The third kappa shape index (κ3) is 9.67.